The van der Waals surface area contributed by atoms with Crippen molar-refractivity contribution >= 4 is 16.8 Å². The molecule has 1 saturated heterocycles. The van der Waals surface area contributed by atoms with Gasteiger partial charge in [-0.15, -0.1) is 0 Å². The average molecular weight is 479 g/mol. The molecule has 7 heteroatoms. The maximum Gasteiger partial charge on any atom is 0.225 e. The lowest BCUT2D eigenvalue weighted by atomic mass is 10.0. The zero-order valence-corrected chi connectivity index (χ0v) is 21.2. The van der Waals surface area contributed by atoms with Gasteiger partial charge in [-0.2, -0.15) is 0 Å². The summed E-state index contributed by atoms with van der Waals surface area (Å²) in [5, 5.41) is 0.915. The van der Waals surface area contributed by atoms with Gasteiger partial charge in [-0.25, -0.2) is 4.98 Å². The first-order valence-corrected chi connectivity index (χ1v) is 12.0. The van der Waals surface area contributed by atoms with Gasteiger partial charge in [-0.1, -0.05) is 26.0 Å². The fourth-order valence-electron chi connectivity index (χ4n) is 4.52. The third-order valence-corrected chi connectivity index (χ3v) is 6.36. The first kappa shape index (κ1) is 24.8. The molecule has 4 rings (SSSR count). The highest BCUT2D eigenvalue weighted by Gasteiger charge is 2.26. The van der Waals surface area contributed by atoms with Crippen LogP contribution in [0.2, 0.25) is 0 Å². The molecule has 186 valence electrons. The number of nitrogens with zero attached hydrogens (tertiary/aromatic N) is 2. The summed E-state index contributed by atoms with van der Waals surface area (Å²) in [4.78, 5) is 20.2. The first-order valence-electron chi connectivity index (χ1n) is 12.0. The standard InChI is InChI=1S/C28H34N2O5/c1-18(2)28(31)30(17-23-10-7-11-35-23)16-21-12-20-14-25(33-4)26(34-5)15-24(20)29-27(21)19-8-6-9-22(13-19)32-3/h6,8-9,12-15,18,23H,7,10-11,16-17H2,1-5H3/t23-/m1/s1. The van der Waals surface area contributed by atoms with Gasteiger partial charge in [-0.3, -0.25) is 4.79 Å². The summed E-state index contributed by atoms with van der Waals surface area (Å²) in [5.74, 6) is 1.99. The Morgan fingerprint density at radius 2 is 1.86 bits per heavy atom. The summed E-state index contributed by atoms with van der Waals surface area (Å²) in [6.07, 6.45) is 2.07. The number of methoxy groups -OCH3 is 3. The highest BCUT2D eigenvalue weighted by atomic mass is 16.5. The summed E-state index contributed by atoms with van der Waals surface area (Å²) < 4.78 is 22.4. The number of carbonyl (C=O) groups is 1. The van der Waals surface area contributed by atoms with Gasteiger partial charge in [0, 0.05) is 42.6 Å². The number of pyridine rings is 1. The Labute approximate surface area is 207 Å². The fourth-order valence-corrected chi connectivity index (χ4v) is 4.52. The van der Waals surface area contributed by atoms with E-state index in [0.717, 1.165) is 52.9 Å². The lowest BCUT2D eigenvalue weighted by Gasteiger charge is -2.28. The Bertz CT molecular complexity index is 1190. The predicted molar refractivity (Wildman–Crippen MR) is 136 cm³/mol. The molecular formula is C28H34N2O5. The second-order valence-corrected chi connectivity index (χ2v) is 9.14. The Balaban J connectivity index is 1.84. The van der Waals surface area contributed by atoms with Crippen LogP contribution >= 0.6 is 0 Å². The normalized spacial score (nSPS) is 15.4. The van der Waals surface area contributed by atoms with Crippen LogP contribution in [0.1, 0.15) is 32.3 Å². The van der Waals surface area contributed by atoms with Gasteiger partial charge in [0.1, 0.15) is 5.75 Å². The van der Waals surface area contributed by atoms with Crippen molar-refractivity contribution in [2.75, 3.05) is 34.5 Å². The van der Waals surface area contributed by atoms with E-state index < -0.39 is 0 Å². The van der Waals surface area contributed by atoms with Gasteiger partial charge < -0.3 is 23.8 Å². The minimum Gasteiger partial charge on any atom is -0.497 e. The number of carbonyl (C=O) groups excluding carboxylic acids is 1. The van der Waals surface area contributed by atoms with Gasteiger partial charge in [-0.05, 0) is 42.7 Å². The number of ether oxygens (including phenoxy) is 4. The van der Waals surface area contributed by atoms with Crippen LogP contribution in [0.15, 0.2) is 42.5 Å². The van der Waals surface area contributed by atoms with Crippen molar-refractivity contribution in [2.24, 2.45) is 5.92 Å². The van der Waals surface area contributed by atoms with Crippen molar-refractivity contribution in [1.29, 1.82) is 0 Å². The molecule has 1 aliphatic heterocycles. The van der Waals surface area contributed by atoms with Gasteiger partial charge in [0.25, 0.3) is 0 Å². The molecule has 3 aromatic rings. The summed E-state index contributed by atoms with van der Waals surface area (Å²) in [7, 11) is 4.88. The van der Waals surface area contributed by atoms with Crippen molar-refractivity contribution in [2.45, 2.75) is 39.3 Å². The number of fused-ring (bicyclic) bond motifs is 1. The van der Waals surface area contributed by atoms with E-state index >= 15 is 0 Å². The second-order valence-electron chi connectivity index (χ2n) is 9.14. The molecule has 0 bridgehead atoms. The number of aromatic nitrogens is 1. The molecule has 2 heterocycles. The molecule has 1 fully saturated rings. The van der Waals surface area contributed by atoms with Gasteiger partial charge in [0.15, 0.2) is 11.5 Å². The van der Waals surface area contributed by atoms with E-state index in [0.29, 0.717) is 24.6 Å². The van der Waals surface area contributed by atoms with Crippen LogP contribution in [-0.4, -0.2) is 56.4 Å². The monoisotopic (exact) mass is 478 g/mol. The van der Waals surface area contributed by atoms with E-state index in [2.05, 4.69) is 6.07 Å². The van der Waals surface area contributed by atoms with Crippen LogP contribution < -0.4 is 14.2 Å². The molecule has 7 nitrogen and oxygen atoms in total. The van der Waals surface area contributed by atoms with Crippen molar-refractivity contribution in [1.82, 2.24) is 9.88 Å². The van der Waals surface area contributed by atoms with Gasteiger partial charge >= 0.3 is 0 Å². The average Bonchev–Trinajstić information content (AvgIpc) is 3.39. The quantitative estimate of drug-likeness (QED) is 0.427. The molecule has 0 unspecified atom stereocenters. The molecule has 0 N–H and O–H groups in total. The Morgan fingerprint density at radius 1 is 1.09 bits per heavy atom. The summed E-state index contributed by atoms with van der Waals surface area (Å²) in [6.45, 7) is 5.62. The number of amides is 1. The van der Waals surface area contributed by atoms with E-state index in [1.807, 2.05) is 55.1 Å². The van der Waals surface area contributed by atoms with E-state index in [4.69, 9.17) is 23.9 Å². The molecule has 1 aliphatic rings. The second kappa shape index (κ2) is 11.0. The molecular weight excluding hydrogens is 444 g/mol. The Hall–Kier alpha value is -3.32. The molecule has 1 atom stereocenters. The van der Waals surface area contributed by atoms with Crippen molar-refractivity contribution < 1.29 is 23.7 Å². The molecule has 1 amide bonds. The van der Waals surface area contributed by atoms with Crippen LogP contribution in [0.5, 0.6) is 17.2 Å². The largest absolute Gasteiger partial charge is 0.497 e. The molecule has 0 radical (unpaired) electrons. The number of benzene rings is 2. The van der Waals surface area contributed by atoms with Crippen LogP contribution in [0, 0.1) is 5.92 Å². The summed E-state index contributed by atoms with van der Waals surface area (Å²) in [6, 6.07) is 13.7. The maximum absolute atomic E-state index is 13.2. The lowest BCUT2D eigenvalue weighted by Crippen LogP contribution is -2.39. The van der Waals surface area contributed by atoms with E-state index in [9.17, 15) is 4.79 Å². The van der Waals surface area contributed by atoms with Crippen LogP contribution in [0.25, 0.3) is 22.2 Å². The van der Waals surface area contributed by atoms with Crippen LogP contribution in [0.3, 0.4) is 0 Å². The molecule has 0 saturated carbocycles. The van der Waals surface area contributed by atoms with Gasteiger partial charge in [0.2, 0.25) is 5.91 Å². The van der Waals surface area contributed by atoms with Crippen LogP contribution in [-0.2, 0) is 16.1 Å². The SMILES string of the molecule is COc1cccc(-c2nc3cc(OC)c(OC)cc3cc2CN(C[C@H]2CCCO2)C(=O)C(C)C)c1. The minimum absolute atomic E-state index is 0.0655. The molecule has 1 aromatic heterocycles. The zero-order valence-electron chi connectivity index (χ0n) is 21.2. The number of hydrogen-bond donors (Lipinski definition) is 0. The highest BCUT2D eigenvalue weighted by molar-refractivity contribution is 5.87. The summed E-state index contributed by atoms with van der Waals surface area (Å²) in [5.41, 5.74) is 3.46. The highest BCUT2D eigenvalue weighted by Crippen LogP contribution is 2.35. The van der Waals surface area contributed by atoms with Crippen LogP contribution in [0.4, 0.5) is 0 Å². The molecule has 0 aliphatic carbocycles. The van der Waals surface area contributed by atoms with E-state index in [1.54, 1.807) is 21.3 Å². The lowest BCUT2D eigenvalue weighted by molar-refractivity contribution is -0.136. The van der Waals surface area contributed by atoms with Crippen molar-refractivity contribution in [3.63, 3.8) is 0 Å². The van der Waals surface area contributed by atoms with Gasteiger partial charge in [0.05, 0.1) is 38.6 Å². The number of rotatable bonds is 9. The smallest absolute Gasteiger partial charge is 0.225 e. The van der Waals surface area contributed by atoms with Crippen molar-refractivity contribution in [3.05, 3.63) is 48.0 Å². The topological polar surface area (TPSA) is 70.1 Å². The van der Waals surface area contributed by atoms with Crippen molar-refractivity contribution in [3.8, 4) is 28.5 Å². The minimum atomic E-state index is -0.116. The third-order valence-electron chi connectivity index (χ3n) is 6.36. The zero-order chi connectivity index (χ0) is 24.9. The number of hydrogen-bond acceptors (Lipinski definition) is 6. The molecule has 35 heavy (non-hydrogen) atoms. The Kier molecular flexibility index (Phi) is 7.76. The maximum atomic E-state index is 13.2. The first-order chi connectivity index (χ1) is 16.9. The Morgan fingerprint density at radius 3 is 2.51 bits per heavy atom. The molecule has 2 aromatic carbocycles. The van der Waals surface area contributed by atoms with E-state index in [1.165, 1.54) is 0 Å². The summed E-state index contributed by atoms with van der Waals surface area (Å²) >= 11 is 0. The third kappa shape index (κ3) is 5.51. The van der Waals surface area contributed by atoms with E-state index in [-0.39, 0.29) is 17.9 Å². The molecule has 0 spiro atoms. The predicted octanol–water partition coefficient (Wildman–Crippen LogP) is 5.09. The fraction of sp³-hybridized carbons (Fsp3) is 0.429.